The van der Waals surface area contributed by atoms with Crippen molar-refractivity contribution in [3.63, 3.8) is 0 Å². The van der Waals surface area contributed by atoms with Crippen LogP contribution in [0.3, 0.4) is 0 Å². The summed E-state index contributed by atoms with van der Waals surface area (Å²) >= 11 is 1.28. The molecule has 0 saturated carbocycles. The maximum absolute atomic E-state index is 11.5. The highest BCUT2D eigenvalue weighted by molar-refractivity contribution is 7.19. The molecular formula is C14H20N4OS. The molecule has 0 bridgehead atoms. The van der Waals surface area contributed by atoms with Gasteiger partial charge in [0.05, 0.1) is 10.6 Å². The van der Waals surface area contributed by atoms with Crippen molar-refractivity contribution >= 4 is 27.8 Å². The number of likely N-dealkylation sites (tertiary alicyclic amines) is 1. The van der Waals surface area contributed by atoms with E-state index in [-0.39, 0.29) is 11.8 Å². The van der Waals surface area contributed by atoms with Gasteiger partial charge in [-0.05, 0) is 32.9 Å². The number of carbonyl (C=O) groups excluding carboxylic acids is 1. The minimum absolute atomic E-state index is 0.0933. The van der Waals surface area contributed by atoms with E-state index in [1.54, 1.807) is 0 Å². The van der Waals surface area contributed by atoms with Crippen molar-refractivity contribution in [2.24, 2.45) is 0 Å². The highest BCUT2D eigenvalue weighted by Crippen LogP contribution is 2.35. The Morgan fingerprint density at radius 2 is 2.20 bits per heavy atom. The van der Waals surface area contributed by atoms with Gasteiger partial charge in [0.1, 0.15) is 16.6 Å². The van der Waals surface area contributed by atoms with E-state index in [1.165, 1.54) is 31.1 Å². The number of Topliss-reactive ketones (excluding diaryl/α,β-unsaturated/α-hetero) is 1. The van der Waals surface area contributed by atoms with Gasteiger partial charge in [0.2, 0.25) is 0 Å². The van der Waals surface area contributed by atoms with Crippen molar-refractivity contribution in [3.05, 3.63) is 10.4 Å². The van der Waals surface area contributed by atoms with Gasteiger partial charge in [-0.15, -0.1) is 11.3 Å². The van der Waals surface area contributed by atoms with E-state index in [0.717, 1.165) is 19.6 Å². The molecule has 1 aliphatic rings. The maximum Gasteiger partial charge on any atom is 0.171 e. The molecule has 2 rings (SSSR count). The van der Waals surface area contributed by atoms with Crippen molar-refractivity contribution in [1.82, 2.24) is 4.90 Å². The summed E-state index contributed by atoms with van der Waals surface area (Å²) in [5, 5.41) is 13.2. The minimum atomic E-state index is -0.0933. The molecule has 0 spiro atoms. The van der Waals surface area contributed by atoms with Crippen molar-refractivity contribution in [2.75, 3.05) is 30.7 Å². The van der Waals surface area contributed by atoms with E-state index in [0.29, 0.717) is 21.1 Å². The third kappa shape index (κ3) is 3.11. The quantitative estimate of drug-likeness (QED) is 0.814. The van der Waals surface area contributed by atoms with Crippen LogP contribution in [0.15, 0.2) is 0 Å². The molecule has 2 heterocycles. The van der Waals surface area contributed by atoms with Gasteiger partial charge in [-0.25, -0.2) is 0 Å². The molecule has 1 atom stereocenters. The zero-order valence-corrected chi connectivity index (χ0v) is 12.7. The van der Waals surface area contributed by atoms with Crippen molar-refractivity contribution in [3.8, 4) is 6.07 Å². The first kappa shape index (κ1) is 14.8. The number of thiophene rings is 1. The monoisotopic (exact) mass is 292 g/mol. The summed E-state index contributed by atoms with van der Waals surface area (Å²) in [6.45, 7) is 6.78. The standard InChI is InChI=1S/C14H20N4OS/c1-9(8-18-5-3-4-6-18)17-14-11(7-15)12(16)13(20-14)10(2)19/h9,17H,3-6,8,16H2,1-2H3. The highest BCUT2D eigenvalue weighted by Gasteiger charge is 2.21. The van der Waals surface area contributed by atoms with Gasteiger partial charge in [0.15, 0.2) is 5.78 Å². The van der Waals surface area contributed by atoms with Crippen LogP contribution in [0.5, 0.6) is 0 Å². The first-order chi connectivity index (χ1) is 9.52. The van der Waals surface area contributed by atoms with Gasteiger partial charge in [0, 0.05) is 19.5 Å². The molecular weight excluding hydrogens is 272 g/mol. The summed E-state index contributed by atoms with van der Waals surface area (Å²) in [5.74, 6) is -0.0933. The van der Waals surface area contributed by atoms with Gasteiger partial charge >= 0.3 is 0 Å². The molecule has 20 heavy (non-hydrogen) atoms. The smallest absolute Gasteiger partial charge is 0.171 e. The van der Waals surface area contributed by atoms with Crippen LogP contribution in [0.25, 0.3) is 0 Å². The fourth-order valence-corrected chi connectivity index (χ4v) is 3.62. The van der Waals surface area contributed by atoms with E-state index in [9.17, 15) is 10.1 Å². The van der Waals surface area contributed by atoms with E-state index in [4.69, 9.17) is 5.73 Å². The van der Waals surface area contributed by atoms with Gasteiger partial charge in [-0.1, -0.05) is 0 Å². The van der Waals surface area contributed by atoms with Gasteiger partial charge < -0.3 is 16.0 Å². The molecule has 1 saturated heterocycles. The number of carbonyl (C=O) groups is 1. The number of nitriles is 1. The number of ketones is 1. The van der Waals surface area contributed by atoms with Crippen molar-refractivity contribution < 1.29 is 4.79 Å². The molecule has 1 aromatic heterocycles. The molecule has 0 aromatic carbocycles. The summed E-state index contributed by atoms with van der Waals surface area (Å²) in [4.78, 5) is 14.4. The summed E-state index contributed by atoms with van der Waals surface area (Å²) in [7, 11) is 0. The van der Waals surface area contributed by atoms with Crippen LogP contribution in [0.1, 0.15) is 41.9 Å². The topological polar surface area (TPSA) is 82.2 Å². The van der Waals surface area contributed by atoms with Crippen LogP contribution in [-0.2, 0) is 0 Å². The lowest BCUT2D eigenvalue weighted by Crippen LogP contribution is -2.32. The number of nitrogens with two attached hydrogens (primary N) is 1. The number of nitrogen functional groups attached to an aromatic ring is 1. The Kier molecular flexibility index (Phi) is 4.63. The summed E-state index contributed by atoms with van der Waals surface area (Å²) < 4.78 is 0. The normalized spacial score (nSPS) is 16.9. The Bertz CT molecular complexity index is 540. The zero-order valence-electron chi connectivity index (χ0n) is 11.9. The lowest BCUT2D eigenvalue weighted by Gasteiger charge is -2.21. The van der Waals surface area contributed by atoms with Crippen LogP contribution in [0, 0.1) is 11.3 Å². The number of rotatable bonds is 5. The fraction of sp³-hybridized carbons (Fsp3) is 0.571. The summed E-state index contributed by atoms with van der Waals surface area (Å²) in [6.07, 6.45) is 2.52. The van der Waals surface area contributed by atoms with E-state index >= 15 is 0 Å². The second kappa shape index (κ2) is 6.25. The van der Waals surface area contributed by atoms with Crippen LogP contribution >= 0.6 is 11.3 Å². The molecule has 108 valence electrons. The number of nitrogens with zero attached hydrogens (tertiary/aromatic N) is 2. The Labute approximate surface area is 123 Å². The average Bonchev–Trinajstić information content (AvgIpc) is 2.97. The first-order valence-corrected chi connectivity index (χ1v) is 7.66. The molecule has 0 aliphatic carbocycles. The Balaban J connectivity index is 2.10. The fourth-order valence-electron chi connectivity index (χ4n) is 2.54. The van der Waals surface area contributed by atoms with E-state index < -0.39 is 0 Å². The molecule has 1 fully saturated rings. The molecule has 0 radical (unpaired) electrons. The SMILES string of the molecule is CC(=O)c1sc(NC(C)CN2CCCC2)c(C#N)c1N. The molecule has 5 nitrogen and oxygen atoms in total. The average molecular weight is 292 g/mol. The summed E-state index contributed by atoms with van der Waals surface area (Å²) in [5.41, 5.74) is 6.57. The third-order valence-electron chi connectivity index (χ3n) is 3.48. The van der Waals surface area contributed by atoms with E-state index in [1.807, 2.05) is 0 Å². The predicted molar refractivity (Wildman–Crippen MR) is 82.2 cm³/mol. The second-order valence-corrected chi connectivity index (χ2v) is 6.29. The van der Waals surface area contributed by atoms with Crippen molar-refractivity contribution in [2.45, 2.75) is 32.7 Å². The van der Waals surface area contributed by atoms with Crippen molar-refractivity contribution in [1.29, 1.82) is 5.26 Å². The number of nitrogens with one attached hydrogen (secondary N) is 1. The molecule has 0 amide bonds. The Morgan fingerprint density at radius 1 is 1.55 bits per heavy atom. The second-order valence-electron chi connectivity index (χ2n) is 5.27. The molecule has 1 unspecified atom stereocenters. The van der Waals surface area contributed by atoms with Crippen LogP contribution in [0.2, 0.25) is 0 Å². The number of hydrogen-bond donors (Lipinski definition) is 2. The molecule has 1 aliphatic heterocycles. The number of anilines is 2. The van der Waals surface area contributed by atoms with Gasteiger partial charge in [0.25, 0.3) is 0 Å². The maximum atomic E-state index is 11.5. The molecule has 3 N–H and O–H groups in total. The van der Waals surface area contributed by atoms with Crippen LogP contribution in [0.4, 0.5) is 10.7 Å². The highest BCUT2D eigenvalue weighted by atomic mass is 32.1. The molecule has 1 aromatic rings. The lowest BCUT2D eigenvalue weighted by molar-refractivity contribution is 0.102. The lowest BCUT2D eigenvalue weighted by atomic mass is 10.2. The summed E-state index contributed by atoms with van der Waals surface area (Å²) in [6, 6.07) is 2.32. The molecule has 6 heteroatoms. The zero-order chi connectivity index (χ0) is 14.7. The van der Waals surface area contributed by atoms with Crippen LogP contribution in [-0.4, -0.2) is 36.4 Å². The van der Waals surface area contributed by atoms with Crippen LogP contribution < -0.4 is 11.1 Å². The number of hydrogen-bond acceptors (Lipinski definition) is 6. The third-order valence-corrected chi connectivity index (χ3v) is 4.72. The Morgan fingerprint density at radius 3 is 2.75 bits per heavy atom. The van der Waals surface area contributed by atoms with E-state index in [2.05, 4.69) is 23.2 Å². The van der Waals surface area contributed by atoms with Gasteiger partial charge in [-0.2, -0.15) is 5.26 Å². The largest absolute Gasteiger partial charge is 0.396 e. The Hall–Kier alpha value is -1.58. The van der Waals surface area contributed by atoms with Gasteiger partial charge in [-0.3, -0.25) is 4.79 Å². The minimum Gasteiger partial charge on any atom is -0.396 e. The predicted octanol–water partition coefficient (Wildman–Crippen LogP) is 2.30. The first-order valence-electron chi connectivity index (χ1n) is 6.85.